The summed E-state index contributed by atoms with van der Waals surface area (Å²) in [7, 11) is 1.00. The van der Waals surface area contributed by atoms with Crippen molar-refractivity contribution in [3.8, 4) is 0 Å². The largest absolute Gasteiger partial charge is 0.400 e. The van der Waals surface area contributed by atoms with Gasteiger partial charge in [-0.1, -0.05) is 46.0 Å². The molecule has 0 saturated heterocycles. The molecule has 0 aliphatic heterocycles. The zero-order valence-electron chi connectivity index (χ0n) is 8.14. The van der Waals surface area contributed by atoms with Crippen molar-refractivity contribution in [1.82, 2.24) is 0 Å². The lowest BCUT2D eigenvalue weighted by molar-refractivity contribution is 0.279. The second-order valence-electron chi connectivity index (χ2n) is 3.64. The smallest absolute Gasteiger partial charge is 0.0319 e. The van der Waals surface area contributed by atoms with E-state index in [-0.39, 0.29) is 0 Å². The Morgan fingerprint density at radius 1 is 1.00 bits per heavy atom. The lowest BCUT2D eigenvalue weighted by atomic mass is 9.82. The minimum atomic E-state index is 0.935. The van der Waals surface area contributed by atoms with Crippen LogP contribution in [0.3, 0.4) is 0 Å². The Bertz CT molecular complexity index is 72.9. The zero-order valence-corrected chi connectivity index (χ0v) is 8.14. The number of aliphatic hydroxyl groups excluding tert-OH is 1. The summed E-state index contributed by atoms with van der Waals surface area (Å²) in [6.45, 7) is 4.71. The van der Waals surface area contributed by atoms with E-state index in [1.807, 2.05) is 0 Å². The molecule has 0 spiro atoms. The molecule has 0 radical (unpaired) electrons. The molecule has 68 valence electrons. The quantitative estimate of drug-likeness (QED) is 0.622. The van der Waals surface area contributed by atoms with Gasteiger partial charge in [-0.2, -0.15) is 0 Å². The van der Waals surface area contributed by atoms with Crippen LogP contribution in [-0.4, -0.2) is 12.2 Å². The zero-order chi connectivity index (χ0) is 8.69. The maximum Gasteiger partial charge on any atom is 0.0319 e. The fraction of sp³-hybridized carbons (Fsp3) is 1.00. The van der Waals surface area contributed by atoms with Crippen molar-refractivity contribution in [3.05, 3.63) is 0 Å². The van der Waals surface area contributed by atoms with Gasteiger partial charge in [-0.3, -0.25) is 0 Å². The first-order valence-electron chi connectivity index (χ1n) is 4.75. The number of rotatable bonds is 1. The summed E-state index contributed by atoms with van der Waals surface area (Å²) in [5.41, 5.74) is 0. The summed E-state index contributed by atoms with van der Waals surface area (Å²) in [5, 5.41) is 7.00. The van der Waals surface area contributed by atoms with Crippen LogP contribution in [0.2, 0.25) is 0 Å². The van der Waals surface area contributed by atoms with E-state index in [1.165, 1.54) is 32.1 Å². The Balaban J connectivity index is 0.000000461. The molecule has 0 aromatic rings. The van der Waals surface area contributed by atoms with Crippen LogP contribution in [0.25, 0.3) is 0 Å². The van der Waals surface area contributed by atoms with Crippen LogP contribution in [0.15, 0.2) is 0 Å². The standard InChI is InChI=1S/C9H18.CH4O/c1-8(2)9-6-4-3-5-7-9;1-2/h8-9H,3-7H2,1-2H3;2H,1H3. The highest BCUT2D eigenvalue weighted by Gasteiger charge is 2.15. The van der Waals surface area contributed by atoms with E-state index in [2.05, 4.69) is 13.8 Å². The molecule has 1 fully saturated rings. The third kappa shape index (κ3) is 4.41. The first-order valence-corrected chi connectivity index (χ1v) is 4.75. The fourth-order valence-electron chi connectivity index (χ4n) is 1.80. The maximum absolute atomic E-state index is 7.00. The molecule has 0 atom stereocenters. The Kier molecular flexibility index (Phi) is 6.63. The molecule has 1 N–H and O–H groups in total. The van der Waals surface area contributed by atoms with Crippen LogP contribution in [0.4, 0.5) is 0 Å². The molecule has 0 aromatic carbocycles. The van der Waals surface area contributed by atoms with E-state index in [0.717, 1.165) is 18.9 Å². The van der Waals surface area contributed by atoms with E-state index in [9.17, 15) is 0 Å². The van der Waals surface area contributed by atoms with Crippen LogP contribution in [-0.2, 0) is 0 Å². The Hall–Kier alpha value is -0.0400. The van der Waals surface area contributed by atoms with E-state index in [4.69, 9.17) is 5.11 Å². The molecule has 0 unspecified atom stereocenters. The SMILES string of the molecule is CC(C)C1CCCCC1.CO. The predicted octanol–water partition coefficient (Wildman–Crippen LogP) is 2.83. The third-order valence-electron chi connectivity index (χ3n) is 2.59. The molecule has 0 bridgehead atoms. The average molecular weight is 158 g/mol. The monoisotopic (exact) mass is 158 g/mol. The molecule has 0 amide bonds. The third-order valence-corrected chi connectivity index (χ3v) is 2.59. The topological polar surface area (TPSA) is 20.2 Å². The molecule has 1 saturated carbocycles. The van der Waals surface area contributed by atoms with E-state index in [0.29, 0.717) is 0 Å². The van der Waals surface area contributed by atoms with Crippen molar-refractivity contribution in [2.24, 2.45) is 11.8 Å². The maximum atomic E-state index is 7.00. The molecule has 1 rings (SSSR count). The Morgan fingerprint density at radius 2 is 1.45 bits per heavy atom. The highest BCUT2D eigenvalue weighted by molar-refractivity contribution is 4.67. The van der Waals surface area contributed by atoms with Gasteiger partial charge >= 0.3 is 0 Å². The van der Waals surface area contributed by atoms with Gasteiger partial charge in [0.05, 0.1) is 0 Å². The highest BCUT2D eigenvalue weighted by Crippen LogP contribution is 2.29. The summed E-state index contributed by atoms with van der Waals surface area (Å²) in [5.74, 6) is 1.99. The van der Waals surface area contributed by atoms with Gasteiger partial charge in [0.1, 0.15) is 0 Å². The molecule has 1 heteroatoms. The van der Waals surface area contributed by atoms with Gasteiger partial charge in [0.25, 0.3) is 0 Å². The number of hydrogen-bond donors (Lipinski definition) is 1. The van der Waals surface area contributed by atoms with Crippen molar-refractivity contribution in [1.29, 1.82) is 0 Å². The van der Waals surface area contributed by atoms with Gasteiger partial charge < -0.3 is 5.11 Å². The predicted molar refractivity (Wildman–Crippen MR) is 49.6 cm³/mol. The van der Waals surface area contributed by atoms with Crippen molar-refractivity contribution >= 4 is 0 Å². The normalized spacial score (nSPS) is 19.4. The first kappa shape index (κ1) is 11.0. The second kappa shape index (κ2) is 6.66. The van der Waals surface area contributed by atoms with Crippen LogP contribution in [0, 0.1) is 11.8 Å². The van der Waals surface area contributed by atoms with Crippen molar-refractivity contribution in [3.63, 3.8) is 0 Å². The van der Waals surface area contributed by atoms with E-state index in [1.54, 1.807) is 0 Å². The molecule has 0 aromatic heterocycles. The number of hydrogen-bond acceptors (Lipinski definition) is 1. The van der Waals surface area contributed by atoms with Crippen LogP contribution < -0.4 is 0 Å². The summed E-state index contributed by atoms with van der Waals surface area (Å²) in [6, 6.07) is 0. The second-order valence-corrected chi connectivity index (χ2v) is 3.64. The first-order chi connectivity index (χ1) is 5.30. The van der Waals surface area contributed by atoms with Gasteiger partial charge in [0.2, 0.25) is 0 Å². The average Bonchev–Trinajstić information content (AvgIpc) is 2.10. The minimum absolute atomic E-state index is 0.935. The summed E-state index contributed by atoms with van der Waals surface area (Å²) < 4.78 is 0. The van der Waals surface area contributed by atoms with Gasteiger partial charge in [0, 0.05) is 7.11 Å². The van der Waals surface area contributed by atoms with Crippen molar-refractivity contribution in [2.45, 2.75) is 46.0 Å². The minimum Gasteiger partial charge on any atom is -0.400 e. The van der Waals surface area contributed by atoms with Crippen LogP contribution >= 0.6 is 0 Å². The molecule has 1 aliphatic rings. The highest BCUT2D eigenvalue weighted by atomic mass is 16.2. The Labute approximate surface area is 70.8 Å². The van der Waals surface area contributed by atoms with Crippen molar-refractivity contribution in [2.75, 3.05) is 7.11 Å². The van der Waals surface area contributed by atoms with Crippen LogP contribution in [0.1, 0.15) is 46.0 Å². The molecule has 1 aliphatic carbocycles. The molecule has 1 nitrogen and oxygen atoms in total. The summed E-state index contributed by atoms with van der Waals surface area (Å²) in [6.07, 6.45) is 7.46. The van der Waals surface area contributed by atoms with Gasteiger partial charge in [0.15, 0.2) is 0 Å². The van der Waals surface area contributed by atoms with Gasteiger partial charge in [-0.05, 0) is 11.8 Å². The molecular formula is C10H22O. The van der Waals surface area contributed by atoms with Gasteiger partial charge in [-0.25, -0.2) is 0 Å². The fourth-order valence-corrected chi connectivity index (χ4v) is 1.80. The summed E-state index contributed by atoms with van der Waals surface area (Å²) in [4.78, 5) is 0. The van der Waals surface area contributed by atoms with Gasteiger partial charge in [-0.15, -0.1) is 0 Å². The Morgan fingerprint density at radius 3 is 1.73 bits per heavy atom. The molecular weight excluding hydrogens is 136 g/mol. The lowest BCUT2D eigenvalue weighted by Gasteiger charge is -2.24. The lowest BCUT2D eigenvalue weighted by Crippen LogP contribution is -2.12. The van der Waals surface area contributed by atoms with Crippen molar-refractivity contribution < 1.29 is 5.11 Å². The molecule has 11 heavy (non-hydrogen) atoms. The molecule has 0 heterocycles. The van der Waals surface area contributed by atoms with Crippen LogP contribution in [0.5, 0.6) is 0 Å². The van der Waals surface area contributed by atoms with E-state index < -0.39 is 0 Å². The number of aliphatic hydroxyl groups is 1. The van der Waals surface area contributed by atoms with E-state index >= 15 is 0 Å². The summed E-state index contributed by atoms with van der Waals surface area (Å²) >= 11 is 0.